The molecule has 0 fully saturated rings. The molecule has 3 aromatic heterocycles. The molecule has 4 rings (SSSR count). The van der Waals surface area contributed by atoms with Crippen molar-refractivity contribution in [2.24, 2.45) is 0 Å². The number of fused-ring (bicyclic) bond motifs is 1. The van der Waals surface area contributed by atoms with Crippen LogP contribution in [-0.2, 0) is 13.0 Å². The third kappa shape index (κ3) is 3.05. The van der Waals surface area contributed by atoms with E-state index in [1.165, 1.54) is 0 Å². The van der Waals surface area contributed by atoms with Gasteiger partial charge in [-0.3, -0.25) is 0 Å². The van der Waals surface area contributed by atoms with Gasteiger partial charge in [0.1, 0.15) is 11.6 Å². The molecule has 0 bridgehead atoms. The zero-order chi connectivity index (χ0) is 17.4. The van der Waals surface area contributed by atoms with Crippen molar-refractivity contribution < 1.29 is 9.05 Å². The summed E-state index contributed by atoms with van der Waals surface area (Å²) in [6.45, 7) is 6.64. The van der Waals surface area contributed by atoms with Gasteiger partial charge in [0.15, 0.2) is 5.82 Å². The Labute approximate surface area is 144 Å². The summed E-state index contributed by atoms with van der Waals surface area (Å²) in [7, 11) is 0. The Morgan fingerprint density at radius 3 is 2.68 bits per heavy atom. The molecule has 0 saturated heterocycles. The number of nitrogens with zero attached hydrogens (tertiary/aromatic N) is 5. The predicted octanol–water partition coefficient (Wildman–Crippen LogP) is 3.48. The standard InChI is InChI=1S/C18H19N5O2/c1-11(2)18-19-14-6-4-5-7-15(14)23(18)10-16-20-17(25-22-16)9-13-8-12(3)24-21-13/h4-8,11H,9-10H2,1-3H3. The highest BCUT2D eigenvalue weighted by atomic mass is 16.5. The lowest BCUT2D eigenvalue weighted by atomic mass is 10.2. The Balaban J connectivity index is 1.62. The zero-order valence-electron chi connectivity index (χ0n) is 14.4. The molecule has 0 aliphatic rings. The molecule has 0 spiro atoms. The molecule has 0 aliphatic carbocycles. The smallest absolute Gasteiger partial charge is 0.232 e. The first-order chi connectivity index (χ1) is 12.1. The van der Waals surface area contributed by atoms with Gasteiger partial charge in [-0.2, -0.15) is 4.98 Å². The van der Waals surface area contributed by atoms with Crippen LogP contribution < -0.4 is 0 Å². The lowest BCUT2D eigenvalue weighted by molar-refractivity contribution is 0.367. The average Bonchev–Trinajstić information content (AvgIpc) is 3.28. The lowest BCUT2D eigenvalue weighted by Crippen LogP contribution is -2.08. The van der Waals surface area contributed by atoms with Crippen LogP contribution >= 0.6 is 0 Å². The van der Waals surface area contributed by atoms with Crippen molar-refractivity contribution in [1.82, 2.24) is 24.8 Å². The summed E-state index contributed by atoms with van der Waals surface area (Å²) in [5, 5.41) is 8.06. The van der Waals surface area contributed by atoms with E-state index < -0.39 is 0 Å². The van der Waals surface area contributed by atoms with Crippen molar-refractivity contribution in [2.45, 2.75) is 39.7 Å². The van der Waals surface area contributed by atoms with Crippen LogP contribution in [-0.4, -0.2) is 24.8 Å². The summed E-state index contributed by atoms with van der Waals surface area (Å²) in [4.78, 5) is 9.23. The van der Waals surface area contributed by atoms with Crippen LogP contribution in [0.15, 0.2) is 39.4 Å². The summed E-state index contributed by atoms with van der Waals surface area (Å²) in [6, 6.07) is 9.96. The monoisotopic (exact) mass is 337 g/mol. The molecule has 25 heavy (non-hydrogen) atoms. The van der Waals surface area contributed by atoms with E-state index in [1.54, 1.807) is 0 Å². The minimum atomic E-state index is 0.303. The lowest BCUT2D eigenvalue weighted by Gasteiger charge is -2.08. The van der Waals surface area contributed by atoms with Crippen molar-refractivity contribution in [3.05, 3.63) is 59.3 Å². The molecule has 3 heterocycles. The van der Waals surface area contributed by atoms with Crippen LogP contribution in [0.2, 0.25) is 0 Å². The zero-order valence-corrected chi connectivity index (χ0v) is 14.4. The molecule has 4 aromatic rings. The second-order valence-electron chi connectivity index (χ2n) is 6.41. The highest BCUT2D eigenvalue weighted by molar-refractivity contribution is 5.76. The second-order valence-corrected chi connectivity index (χ2v) is 6.41. The molecule has 0 aliphatic heterocycles. The summed E-state index contributed by atoms with van der Waals surface area (Å²) in [5.74, 6) is 3.23. The van der Waals surface area contributed by atoms with Gasteiger partial charge in [0.2, 0.25) is 5.89 Å². The summed E-state index contributed by atoms with van der Waals surface area (Å²) in [5.41, 5.74) is 2.83. The van der Waals surface area contributed by atoms with Gasteiger partial charge in [0, 0.05) is 12.0 Å². The van der Waals surface area contributed by atoms with Crippen molar-refractivity contribution in [3.8, 4) is 0 Å². The maximum atomic E-state index is 5.36. The third-order valence-corrected chi connectivity index (χ3v) is 4.02. The number of imidazole rings is 1. The average molecular weight is 337 g/mol. The van der Waals surface area contributed by atoms with Crippen LogP contribution in [0.1, 0.15) is 48.8 Å². The quantitative estimate of drug-likeness (QED) is 0.554. The molecule has 0 saturated carbocycles. The van der Waals surface area contributed by atoms with E-state index in [-0.39, 0.29) is 0 Å². The molecule has 0 N–H and O–H groups in total. The highest BCUT2D eigenvalue weighted by Crippen LogP contribution is 2.22. The van der Waals surface area contributed by atoms with E-state index in [0.717, 1.165) is 28.3 Å². The fourth-order valence-corrected chi connectivity index (χ4v) is 2.92. The Hall–Kier alpha value is -2.96. The number of rotatable bonds is 5. The summed E-state index contributed by atoms with van der Waals surface area (Å²) < 4.78 is 12.6. The Bertz CT molecular complexity index is 1010. The Morgan fingerprint density at radius 2 is 1.92 bits per heavy atom. The van der Waals surface area contributed by atoms with Crippen molar-refractivity contribution >= 4 is 11.0 Å². The van der Waals surface area contributed by atoms with Crippen LogP contribution in [0.4, 0.5) is 0 Å². The molecular weight excluding hydrogens is 318 g/mol. The maximum Gasteiger partial charge on any atom is 0.232 e. The summed E-state index contributed by atoms with van der Waals surface area (Å²) >= 11 is 0. The van der Waals surface area contributed by atoms with E-state index in [0.29, 0.717) is 30.6 Å². The fraction of sp³-hybridized carbons (Fsp3) is 0.333. The fourth-order valence-electron chi connectivity index (χ4n) is 2.92. The Morgan fingerprint density at radius 1 is 1.08 bits per heavy atom. The van der Waals surface area contributed by atoms with E-state index >= 15 is 0 Å². The predicted molar refractivity (Wildman–Crippen MR) is 91.3 cm³/mol. The second kappa shape index (κ2) is 6.16. The number of hydrogen-bond acceptors (Lipinski definition) is 6. The minimum absolute atomic E-state index is 0.303. The van der Waals surface area contributed by atoms with Crippen LogP contribution in [0, 0.1) is 6.92 Å². The topological polar surface area (TPSA) is 82.8 Å². The first kappa shape index (κ1) is 15.6. The van der Waals surface area contributed by atoms with Gasteiger partial charge in [0.05, 0.1) is 29.7 Å². The molecule has 0 unspecified atom stereocenters. The van der Waals surface area contributed by atoms with E-state index in [1.807, 2.05) is 31.2 Å². The molecular formula is C18H19N5O2. The van der Waals surface area contributed by atoms with Crippen molar-refractivity contribution in [3.63, 3.8) is 0 Å². The molecule has 1 aromatic carbocycles. The van der Waals surface area contributed by atoms with Gasteiger partial charge in [-0.25, -0.2) is 4.98 Å². The Kier molecular flexibility index (Phi) is 3.83. The number of aryl methyl sites for hydroxylation is 1. The summed E-state index contributed by atoms with van der Waals surface area (Å²) in [6.07, 6.45) is 0.464. The molecule has 7 nitrogen and oxygen atoms in total. The molecule has 0 radical (unpaired) electrons. The molecule has 0 atom stereocenters. The maximum absolute atomic E-state index is 5.36. The van der Waals surface area contributed by atoms with E-state index in [2.05, 4.69) is 39.8 Å². The normalized spacial score (nSPS) is 11.7. The van der Waals surface area contributed by atoms with Gasteiger partial charge < -0.3 is 13.6 Å². The molecule has 7 heteroatoms. The van der Waals surface area contributed by atoms with E-state index in [4.69, 9.17) is 14.0 Å². The number of para-hydroxylation sites is 2. The third-order valence-electron chi connectivity index (χ3n) is 4.02. The van der Waals surface area contributed by atoms with Gasteiger partial charge in [-0.05, 0) is 19.1 Å². The first-order valence-corrected chi connectivity index (χ1v) is 8.29. The number of hydrogen-bond donors (Lipinski definition) is 0. The van der Waals surface area contributed by atoms with Gasteiger partial charge >= 0.3 is 0 Å². The highest BCUT2D eigenvalue weighted by Gasteiger charge is 2.16. The van der Waals surface area contributed by atoms with Crippen LogP contribution in [0.3, 0.4) is 0 Å². The largest absolute Gasteiger partial charge is 0.361 e. The van der Waals surface area contributed by atoms with Crippen LogP contribution in [0.25, 0.3) is 11.0 Å². The minimum Gasteiger partial charge on any atom is -0.361 e. The van der Waals surface area contributed by atoms with Crippen LogP contribution in [0.5, 0.6) is 0 Å². The number of aromatic nitrogens is 5. The van der Waals surface area contributed by atoms with Gasteiger partial charge in [-0.1, -0.05) is 36.3 Å². The van der Waals surface area contributed by atoms with Gasteiger partial charge in [-0.15, -0.1) is 0 Å². The number of benzene rings is 1. The van der Waals surface area contributed by atoms with Gasteiger partial charge in [0.25, 0.3) is 0 Å². The van der Waals surface area contributed by atoms with E-state index in [9.17, 15) is 0 Å². The van der Waals surface area contributed by atoms with Crippen molar-refractivity contribution in [1.29, 1.82) is 0 Å². The SMILES string of the molecule is Cc1cc(Cc2nc(Cn3c(C(C)C)nc4ccccc43)no2)no1. The molecule has 128 valence electrons. The first-order valence-electron chi connectivity index (χ1n) is 8.29. The van der Waals surface area contributed by atoms with Crippen molar-refractivity contribution in [2.75, 3.05) is 0 Å². The molecule has 0 amide bonds.